The number of carbonyl (C=O) groups excluding carboxylic acids is 2. The smallest absolute Gasteiger partial charge is 0.242 e. The van der Waals surface area contributed by atoms with Gasteiger partial charge in [0, 0.05) is 37.6 Å². The number of piperidine rings is 1. The van der Waals surface area contributed by atoms with Crippen molar-refractivity contribution in [3.63, 3.8) is 0 Å². The van der Waals surface area contributed by atoms with Gasteiger partial charge in [-0.05, 0) is 42.7 Å². The minimum absolute atomic E-state index is 0.0475. The summed E-state index contributed by atoms with van der Waals surface area (Å²) in [4.78, 5) is 29.3. The average Bonchev–Trinajstić information content (AvgIpc) is 2.88. The van der Waals surface area contributed by atoms with E-state index >= 15 is 0 Å². The third kappa shape index (κ3) is 3.88. The third-order valence-corrected chi connectivity index (χ3v) is 6.55. The molecule has 5 heteroatoms. The number of hydrogen-bond donors (Lipinski definition) is 1. The first-order valence-corrected chi connectivity index (χ1v) is 10.4. The molecule has 3 fully saturated rings. The topological polar surface area (TPSA) is 52.7 Å². The second-order valence-electron chi connectivity index (χ2n) is 8.80. The van der Waals surface area contributed by atoms with Crippen LogP contribution in [0.1, 0.15) is 37.8 Å². The number of amides is 2. The monoisotopic (exact) mass is 369 g/mol. The highest BCUT2D eigenvalue weighted by atomic mass is 16.2. The normalized spacial score (nSPS) is 25.5. The van der Waals surface area contributed by atoms with Crippen LogP contribution >= 0.6 is 0 Å². The van der Waals surface area contributed by atoms with Crippen LogP contribution in [0.5, 0.6) is 0 Å². The van der Waals surface area contributed by atoms with Crippen molar-refractivity contribution >= 4 is 11.8 Å². The molecule has 2 bridgehead atoms. The minimum atomic E-state index is -0.0853. The lowest BCUT2D eigenvalue weighted by atomic mass is 9.95. The van der Waals surface area contributed by atoms with E-state index in [4.69, 9.17) is 0 Å². The summed E-state index contributed by atoms with van der Waals surface area (Å²) in [6, 6.07) is 9.65. The number of hydrogen-bond acceptors (Lipinski definition) is 3. The summed E-state index contributed by atoms with van der Waals surface area (Å²) in [5, 5.41) is 2.79. The van der Waals surface area contributed by atoms with Crippen LogP contribution in [0, 0.1) is 11.8 Å². The van der Waals surface area contributed by atoms with Crippen LogP contribution in [-0.4, -0.2) is 59.9 Å². The molecule has 1 aromatic carbocycles. The predicted octanol–water partition coefficient (Wildman–Crippen LogP) is 1.85. The molecule has 27 heavy (non-hydrogen) atoms. The summed E-state index contributed by atoms with van der Waals surface area (Å²) < 4.78 is 0. The molecule has 0 spiro atoms. The Morgan fingerprint density at radius 1 is 1.04 bits per heavy atom. The number of fused-ring (bicyclic) bond motifs is 5. The minimum Gasteiger partial charge on any atom is -0.347 e. The summed E-state index contributed by atoms with van der Waals surface area (Å²) in [5.41, 5.74) is 2.98. The lowest BCUT2D eigenvalue weighted by Crippen LogP contribution is -2.51. The second-order valence-corrected chi connectivity index (χ2v) is 8.80. The molecule has 3 saturated heterocycles. The average molecular weight is 370 g/mol. The Bertz CT molecular complexity index is 692. The fraction of sp³-hybridized carbons (Fsp3) is 0.636. The maximum absolute atomic E-state index is 12.8. The molecule has 3 aliphatic heterocycles. The van der Waals surface area contributed by atoms with E-state index in [0.717, 1.165) is 38.9 Å². The molecule has 0 radical (unpaired) electrons. The number of benzene rings is 1. The molecule has 2 amide bonds. The van der Waals surface area contributed by atoms with Gasteiger partial charge in [-0.1, -0.05) is 38.1 Å². The van der Waals surface area contributed by atoms with Crippen LogP contribution in [-0.2, 0) is 22.4 Å². The number of nitrogens with one attached hydrogen (secondary N) is 1. The Labute approximate surface area is 162 Å². The summed E-state index contributed by atoms with van der Waals surface area (Å²) in [5.74, 6) is 0.499. The zero-order valence-electron chi connectivity index (χ0n) is 16.5. The first kappa shape index (κ1) is 18.5. The molecule has 5 nitrogen and oxygen atoms in total. The first-order chi connectivity index (χ1) is 13.0. The first-order valence-electron chi connectivity index (χ1n) is 10.4. The SMILES string of the molecule is CC(C)C(=O)NCC(=O)N1C[C@H]2CC[C@@H]1CN(C1Cc3ccccc3C1)C2. The van der Waals surface area contributed by atoms with Crippen LogP contribution in [0.25, 0.3) is 0 Å². The molecule has 0 aromatic heterocycles. The van der Waals surface area contributed by atoms with Crippen LogP contribution in [0.2, 0.25) is 0 Å². The maximum Gasteiger partial charge on any atom is 0.242 e. The van der Waals surface area contributed by atoms with Crippen molar-refractivity contribution in [3.8, 4) is 0 Å². The van der Waals surface area contributed by atoms with Crippen molar-refractivity contribution in [2.75, 3.05) is 26.2 Å². The van der Waals surface area contributed by atoms with Gasteiger partial charge in [-0.15, -0.1) is 0 Å². The summed E-state index contributed by atoms with van der Waals surface area (Å²) in [6.07, 6.45) is 4.57. The number of nitrogens with zero attached hydrogens (tertiary/aromatic N) is 2. The van der Waals surface area contributed by atoms with E-state index in [2.05, 4.69) is 39.4 Å². The molecule has 0 saturated carbocycles. The lowest BCUT2D eigenvalue weighted by molar-refractivity contribution is -0.136. The van der Waals surface area contributed by atoms with Gasteiger partial charge in [-0.2, -0.15) is 0 Å². The molecule has 146 valence electrons. The zero-order valence-corrected chi connectivity index (χ0v) is 16.5. The van der Waals surface area contributed by atoms with Crippen molar-refractivity contribution in [2.24, 2.45) is 11.8 Å². The molecular formula is C22H31N3O2. The van der Waals surface area contributed by atoms with E-state index in [1.54, 1.807) is 0 Å². The summed E-state index contributed by atoms with van der Waals surface area (Å²) >= 11 is 0. The van der Waals surface area contributed by atoms with Crippen LogP contribution in [0.15, 0.2) is 24.3 Å². The molecule has 5 rings (SSSR count). The Balaban J connectivity index is 1.39. The number of rotatable bonds is 4. The highest BCUT2D eigenvalue weighted by Gasteiger charge is 2.40. The second kappa shape index (κ2) is 7.63. The molecule has 1 aliphatic carbocycles. The molecule has 1 aromatic rings. The fourth-order valence-electron chi connectivity index (χ4n) is 4.98. The molecule has 1 N–H and O–H groups in total. The van der Waals surface area contributed by atoms with Gasteiger partial charge in [0.15, 0.2) is 0 Å². The molecular weight excluding hydrogens is 338 g/mol. The Hall–Kier alpha value is -1.88. The van der Waals surface area contributed by atoms with Crippen molar-refractivity contribution in [2.45, 2.75) is 51.6 Å². The van der Waals surface area contributed by atoms with E-state index in [1.807, 2.05) is 13.8 Å². The van der Waals surface area contributed by atoms with Crippen LogP contribution in [0.4, 0.5) is 0 Å². The Morgan fingerprint density at radius 3 is 2.41 bits per heavy atom. The molecule has 3 heterocycles. The fourth-order valence-corrected chi connectivity index (χ4v) is 4.98. The van der Waals surface area contributed by atoms with Gasteiger partial charge in [-0.25, -0.2) is 0 Å². The van der Waals surface area contributed by atoms with Gasteiger partial charge in [0.2, 0.25) is 11.8 Å². The molecule has 4 aliphatic rings. The van der Waals surface area contributed by atoms with Crippen LogP contribution in [0.3, 0.4) is 0 Å². The van der Waals surface area contributed by atoms with Crippen molar-refractivity contribution in [3.05, 3.63) is 35.4 Å². The highest BCUT2D eigenvalue weighted by Crippen LogP contribution is 2.33. The zero-order chi connectivity index (χ0) is 19.0. The largest absolute Gasteiger partial charge is 0.347 e. The summed E-state index contributed by atoms with van der Waals surface area (Å²) in [6.45, 7) is 6.75. The lowest BCUT2D eigenvalue weighted by Gasteiger charge is -2.36. The van der Waals surface area contributed by atoms with Crippen LogP contribution < -0.4 is 5.32 Å². The van der Waals surface area contributed by atoms with Gasteiger partial charge in [-0.3, -0.25) is 14.5 Å². The number of carbonyl (C=O) groups is 2. The van der Waals surface area contributed by atoms with Gasteiger partial charge in [0.1, 0.15) is 0 Å². The quantitative estimate of drug-likeness (QED) is 0.881. The highest BCUT2D eigenvalue weighted by molar-refractivity contribution is 5.85. The van der Waals surface area contributed by atoms with Gasteiger partial charge < -0.3 is 10.2 Å². The van der Waals surface area contributed by atoms with E-state index in [0.29, 0.717) is 12.0 Å². The van der Waals surface area contributed by atoms with E-state index in [-0.39, 0.29) is 30.3 Å². The maximum atomic E-state index is 12.8. The van der Waals surface area contributed by atoms with Gasteiger partial charge in [0.25, 0.3) is 0 Å². The van der Waals surface area contributed by atoms with Crippen molar-refractivity contribution < 1.29 is 9.59 Å². The Kier molecular flexibility index (Phi) is 5.22. The van der Waals surface area contributed by atoms with E-state index < -0.39 is 0 Å². The van der Waals surface area contributed by atoms with Crippen molar-refractivity contribution in [1.29, 1.82) is 0 Å². The van der Waals surface area contributed by atoms with Gasteiger partial charge >= 0.3 is 0 Å². The van der Waals surface area contributed by atoms with Crippen molar-refractivity contribution in [1.82, 2.24) is 15.1 Å². The van der Waals surface area contributed by atoms with Gasteiger partial charge in [0.05, 0.1) is 6.54 Å². The standard InChI is InChI=1S/C22H31N3O2/c1-15(2)22(27)23-11-21(26)25-13-16-7-8-19(25)14-24(12-16)20-9-17-5-3-4-6-18(17)10-20/h3-6,15-16,19-20H,7-14H2,1-2H3,(H,23,27)/t16-,19+/m0/s1. The third-order valence-electron chi connectivity index (χ3n) is 6.55. The Morgan fingerprint density at radius 2 is 1.74 bits per heavy atom. The van der Waals surface area contributed by atoms with E-state index in [9.17, 15) is 9.59 Å². The molecule has 0 unspecified atom stereocenters. The van der Waals surface area contributed by atoms with E-state index in [1.165, 1.54) is 17.5 Å². The predicted molar refractivity (Wildman–Crippen MR) is 105 cm³/mol. The summed E-state index contributed by atoms with van der Waals surface area (Å²) in [7, 11) is 0. The molecule has 2 atom stereocenters.